The second-order valence-electron chi connectivity index (χ2n) is 6.08. The van der Waals surface area contributed by atoms with Gasteiger partial charge in [-0.1, -0.05) is 0 Å². The summed E-state index contributed by atoms with van der Waals surface area (Å²) in [6.07, 6.45) is 8.13. The third kappa shape index (κ3) is 3.34. The molecule has 4 rings (SSSR count). The Kier molecular flexibility index (Phi) is 4.31. The zero-order valence-electron chi connectivity index (χ0n) is 13.3. The topological polar surface area (TPSA) is 76.2 Å². The Hall–Kier alpha value is -2.19. The maximum absolute atomic E-state index is 12.1. The highest BCUT2D eigenvalue weighted by Crippen LogP contribution is 2.21. The van der Waals surface area contributed by atoms with Crippen LogP contribution in [0.3, 0.4) is 0 Å². The molecule has 3 aromatic rings. The first kappa shape index (κ1) is 15.3. The number of imidazole rings is 1. The molecule has 1 unspecified atom stereocenters. The highest BCUT2D eigenvalue weighted by Gasteiger charge is 2.17. The van der Waals surface area contributed by atoms with E-state index in [0.717, 1.165) is 35.9 Å². The first-order chi connectivity index (χ1) is 11.8. The number of fused-ring (bicyclic) bond motifs is 1. The summed E-state index contributed by atoms with van der Waals surface area (Å²) in [5, 5.41) is 12.8. The number of carbonyl (C=O) groups is 1. The minimum atomic E-state index is -0.0530. The number of nitrogens with zero attached hydrogens (tertiary/aromatic N) is 4. The average Bonchev–Trinajstić information content (AvgIpc) is 3.29. The number of nitrogens with one attached hydrogen (secondary N) is 2. The van der Waals surface area contributed by atoms with Gasteiger partial charge in [0.25, 0.3) is 0 Å². The van der Waals surface area contributed by atoms with E-state index in [1.807, 2.05) is 34.4 Å². The van der Waals surface area contributed by atoms with E-state index in [-0.39, 0.29) is 12.5 Å². The molecule has 8 heteroatoms. The zero-order chi connectivity index (χ0) is 16.4. The molecule has 7 nitrogen and oxygen atoms in total. The molecule has 1 atom stereocenters. The van der Waals surface area contributed by atoms with Gasteiger partial charge in [0.05, 0.1) is 17.9 Å². The van der Waals surface area contributed by atoms with E-state index in [1.54, 1.807) is 16.0 Å². The first-order valence-corrected chi connectivity index (χ1v) is 9.08. The van der Waals surface area contributed by atoms with Crippen LogP contribution >= 0.6 is 11.3 Å². The molecule has 0 saturated carbocycles. The van der Waals surface area contributed by atoms with Crippen molar-refractivity contribution in [3.63, 3.8) is 0 Å². The average molecular weight is 344 g/mol. The van der Waals surface area contributed by atoms with E-state index in [0.29, 0.717) is 12.5 Å². The van der Waals surface area contributed by atoms with Crippen LogP contribution < -0.4 is 10.6 Å². The van der Waals surface area contributed by atoms with Crippen LogP contribution in [0.1, 0.15) is 30.1 Å². The second kappa shape index (κ2) is 6.74. The van der Waals surface area contributed by atoms with E-state index in [2.05, 4.69) is 20.7 Å². The summed E-state index contributed by atoms with van der Waals surface area (Å²) < 4.78 is 3.68. The van der Waals surface area contributed by atoms with Gasteiger partial charge >= 0.3 is 0 Å². The molecule has 2 N–H and O–H groups in total. The Labute approximate surface area is 143 Å². The van der Waals surface area contributed by atoms with Crippen molar-refractivity contribution in [2.24, 2.45) is 0 Å². The van der Waals surface area contributed by atoms with Crippen LogP contribution in [0, 0.1) is 0 Å². The number of thiazole rings is 1. The highest BCUT2D eigenvalue weighted by atomic mass is 32.1. The molecule has 1 fully saturated rings. The largest absolute Gasteiger partial charge is 0.349 e. The molecule has 0 aromatic carbocycles. The molecule has 1 aliphatic heterocycles. The number of hydrogen-bond acceptors (Lipinski definition) is 5. The summed E-state index contributed by atoms with van der Waals surface area (Å²) >= 11 is 1.58. The molecular weight excluding hydrogens is 324 g/mol. The molecule has 1 saturated heterocycles. The van der Waals surface area contributed by atoms with Crippen LogP contribution in [0.2, 0.25) is 0 Å². The second-order valence-corrected chi connectivity index (χ2v) is 6.96. The fourth-order valence-corrected chi connectivity index (χ4v) is 3.76. The van der Waals surface area contributed by atoms with Crippen LogP contribution in [0.25, 0.3) is 4.96 Å². The predicted molar refractivity (Wildman–Crippen MR) is 92.0 cm³/mol. The van der Waals surface area contributed by atoms with Gasteiger partial charge in [0.1, 0.15) is 6.54 Å². The summed E-state index contributed by atoms with van der Waals surface area (Å²) in [5.74, 6) is 0.407. The van der Waals surface area contributed by atoms with E-state index < -0.39 is 0 Å². The summed E-state index contributed by atoms with van der Waals surface area (Å²) in [5.41, 5.74) is 1.94. The first-order valence-electron chi connectivity index (χ1n) is 8.20. The van der Waals surface area contributed by atoms with E-state index in [4.69, 9.17) is 0 Å². The maximum Gasteiger partial charge on any atom is 0.242 e. The zero-order valence-corrected chi connectivity index (χ0v) is 14.1. The van der Waals surface area contributed by atoms with E-state index >= 15 is 0 Å². The summed E-state index contributed by atoms with van der Waals surface area (Å²) in [6, 6.07) is 2.02. The number of carbonyl (C=O) groups excluding carboxylic acids is 1. The quantitative estimate of drug-likeness (QED) is 0.733. The van der Waals surface area contributed by atoms with Gasteiger partial charge in [0.15, 0.2) is 4.96 Å². The Balaban J connectivity index is 1.31. The number of hydrogen-bond donors (Lipinski definition) is 2. The van der Waals surface area contributed by atoms with E-state index in [1.165, 1.54) is 6.42 Å². The van der Waals surface area contributed by atoms with Crippen molar-refractivity contribution >= 4 is 22.2 Å². The molecule has 0 bridgehead atoms. The van der Waals surface area contributed by atoms with Crippen LogP contribution in [0.15, 0.2) is 30.0 Å². The molecule has 24 heavy (non-hydrogen) atoms. The standard InChI is InChI=1S/C16H20N6OS/c23-15(18-9-13-10-21-6-7-24-16(21)19-13)11-22-5-3-14(20-22)12-2-1-4-17-8-12/h3,5-7,10,12,17H,1-2,4,8-9,11H2,(H,18,23). The van der Waals surface area contributed by atoms with Crippen LogP contribution in [0.4, 0.5) is 0 Å². The third-order valence-electron chi connectivity index (χ3n) is 4.29. The number of rotatable bonds is 5. The Bertz CT molecular complexity index is 800. The van der Waals surface area contributed by atoms with Crippen molar-refractivity contribution in [2.45, 2.75) is 31.8 Å². The Morgan fingerprint density at radius 2 is 2.42 bits per heavy atom. The van der Waals surface area contributed by atoms with Gasteiger partial charge in [-0.05, 0) is 25.5 Å². The van der Waals surface area contributed by atoms with Crippen molar-refractivity contribution in [1.82, 2.24) is 29.8 Å². The fourth-order valence-electron chi connectivity index (χ4n) is 3.04. The molecule has 0 spiro atoms. The van der Waals surface area contributed by atoms with Gasteiger partial charge in [0, 0.05) is 36.4 Å². The number of piperidine rings is 1. The predicted octanol–water partition coefficient (Wildman–Crippen LogP) is 1.38. The Morgan fingerprint density at radius 3 is 3.25 bits per heavy atom. The van der Waals surface area contributed by atoms with Crippen molar-refractivity contribution in [3.05, 3.63) is 41.4 Å². The third-order valence-corrected chi connectivity index (χ3v) is 5.06. The molecule has 4 heterocycles. The van der Waals surface area contributed by atoms with Crippen LogP contribution in [-0.4, -0.2) is 38.2 Å². The van der Waals surface area contributed by atoms with Gasteiger partial charge in [0.2, 0.25) is 5.91 Å². The molecule has 1 aliphatic rings. The summed E-state index contributed by atoms with van der Waals surface area (Å²) in [6.45, 7) is 2.74. The minimum Gasteiger partial charge on any atom is -0.349 e. The minimum absolute atomic E-state index is 0.0530. The van der Waals surface area contributed by atoms with Crippen molar-refractivity contribution in [2.75, 3.05) is 13.1 Å². The molecule has 126 valence electrons. The summed E-state index contributed by atoms with van der Waals surface area (Å²) in [4.78, 5) is 17.5. The lowest BCUT2D eigenvalue weighted by Crippen LogP contribution is -2.29. The van der Waals surface area contributed by atoms with E-state index in [9.17, 15) is 4.79 Å². The van der Waals surface area contributed by atoms with Crippen LogP contribution in [-0.2, 0) is 17.9 Å². The number of aromatic nitrogens is 4. The molecule has 0 aliphatic carbocycles. The molecule has 1 amide bonds. The molecule has 3 aromatic heterocycles. The van der Waals surface area contributed by atoms with Crippen molar-refractivity contribution in [3.8, 4) is 0 Å². The van der Waals surface area contributed by atoms with Gasteiger partial charge < -0.3 is 10.6 Å². The van der Waals surface area contributed by atoms with Gasteiger partial charge in [-0.15, -0.1) is 11.3 Å². The lowest BCUT2D eigenvalue weighted by atomic mass is 9.97. The van der Waals surface area contributed by atoms with Crippen LogP contribution in [0.5, 0.6) is 0 Å². The van der Waals surface area contributed by atoms with Gasteiger partial charge in [-0.2, -0.15) is 5.10 Å². The lowest BCUT2D eigenvalue weighted by Gasteiger charge is -2.20. The normalized spacial score (nSPS) is 18.1. The molecule has 0 radical (unpaired) electrons. The summed E-state index contributed by atoms with van der Waals surface area (Å²) in [7, 11) is 0. The Morgan fingerprint density at radius 1 is 1.46 bits per heavy atom. The lowest BCUT2D eigenvalue weighted by molar-refractivity contribution is -0.122. The van der Waals surface area contributed by atoms with Gasteiger partial charge in [-0.3, -0.25) is 13.9 Å². The van der Waals surface area contributed by atoms with Crippen molar-refractivity contribution in [1.29, 1.82) is 0 Å². The number of amides is 1. The van der Waals surface area contributed by atoms with Crippen molar-refractivity contribution < 1.29 is 4.79 Å². The smallest absolute Gasteiger partial charge is 0.242 e. The fraction of sp³-hybridized carbons (Fsp3) is 0.438. The highest BCUT2D eigenvalue weighted by molar-refractivity contribution is 7.15. The van der Waals surface area contributed by atoms with Gasteiger partial charge in [-0.25, -0.2) is 4.98 Å². The monoisotopic (exact) mass is 344 g/mol. The SMILES string of the molecule is O=C(Cn1ccc(C2CCCNC2)n1)NCc1cn2ccsc2n1. The molecular formula is C16H20N6OS. The maximum atomic E-state index is 12.1.